The highest BCUT2D eigenvalue weighted by Gasteiger charge is 2.58. The number of phosphoric acid groups is 1. The Balaban J connectivity index is 1.74. The van der Waals surface area contributed by atoms with Gasteiger partial charge in [0.15, 0.2) is 6.23 Å². The molecular weight excluding hydrogens is 545 g/mol. The number of aliphatic hydroxyl groups is 7. The molecule has 11 atom stereocenters. The van der Waals surface area contributed by atoms with E-state index in [1.807, 2.05) is 0 Å². The summed E-state index contributed by atoms with van der Waals surface area (Å²) in [5.41, 5.74) is 4.45. The largest absolute Gasteiger partial charge is 0.477 e. The first kappa shape index (κ1) is 30.4. The minimum absolute atomic E-state index is 0.131. The van der Waals surface area contributed by atoms with Crippen LogP contribution in [0.1, 0.15) is 12.6 Å². The molecule has 1 aromatic heterocycles. The second-order valence-electron chi connectivity index (χ2n) is 8.59. The summed E-state index contributed by atoms with van der Waals surface area (Å²) >= 11 is 0. The fraction of sp³-hybridized carbons (Fsp3) is 0.722. The number of ether oxygens (including phenoxy) is 2. The third-order valence-electron chi connectivity index (χ3n) is 5.91. The Kier molecular flexibility index (Phi) is 9.26. The van der Waals surface area contributed by atoms with Gasteiger partial charge >= 0.3 is 19.5 Å². The number of phosphoric ester groups is 1. The van der Waals surface area contributed by atoms with E-state index < -0.39 is 100.0 Å². The van der Waals surface area contributed by atoms with Crippen LogP contribution in [-0.4, -0.2) is 129 Å². The first-order valence-electron chi connectivity index (χ1n) is 10.9. The number of nitrogens with zero attached hydrogens (tertiary/aromatic N) is 2. The number of hydrogen-bond acceptors (Lipinski definition) is 16. The summed E-state index contributed by atoms with van der Waals surface area (Å²) < 4.78 is 33.1. The van der Waals surface area contributed by atoms with Gasteiger partial charge in [0.2, 0.25) is 0 Å². The van der Waals surface area contributed by atoms with E-state index in [4.69, 9.17) is 24.8 Å². The van der Waals surface area contributed by atoms with Crippen LogP contribution in [0.4, 0.5) is 5.82 Å². The lowest BCUT2D eigenvalue weighted by Gasteiger charge is -2.44. The molecule has 0 aliphatic carbocycles. The Morgan fingerprint density at radius 3 is 2.50 bits per heavy atom. The van der Waals surface area contributed by atoms with E-state index >= 15 is 0 Å². The molecule has 216 valence electrons. The average Bonchev–Trinajstić information content (AvgIpc) is 3.12. The smallest absolute Gasteiger partial charge is 0.475 e. The van der Waals surface area contributed by atoms with Gasteiger partial charge in [0, 0.05) is 12.6 Å². The zero-order chi connectivity index (χ0) is 28.6. The number of aliphatic carboxylic acids is 1. The molecule has 0 saturated carbocycles. The van der Waals surface area contributed by atoms with Crippen LogP contribution in [0.25, 0.3) is 0 Å². The summed E-state index contributed by atoms with van der Waals surface area (Å²) in [6, 6.07) is 1.20. The maximum atomic E-state index is 12.6. The highest BCUT2D eigenvalue weighted by atomic mass is 31.2. The Morgan fingerprint density at radius 1 is 1.26 bits per heavy atom. The second-order valence-corrected chi connectivity index (χ2v) is 9.97. The molecule has 2 fully saturated rings. The van der Waals surface area contributed by atoms with Crippen molar-refractivity contribution in [3.63, 3.8) is 0 Å². The fourth-order valence-electron chi connectivity index (χ4n) is 3.88. The van der Waals surface area contributed by atoms with Gasteiger partial charge in [0.1, 0.15) is 48.5 Å². The molecule has 38 heavy (non-hydrogen) atoms. The number of carboxylic acids is 1. The van der Waals surface area contributed by atoms with Crippen molar-refractivity contribution in [1.82, 2.24) is 9.55 Å². The van der Waals surface area contributed by atoms with Crippen molar-refractivity contribution in [2.45, 2.75) is 67.3 Å². The molecule has 2 aliphatic rings. The van der Waals surface area contributed by atoms with Crippen LogP contribution in [0.5, 0.6) is 0 Å². The van der Waals surface area contributed by atoms with Crippen molar-refractivity contribution in [1.29, 1.82) is 0 Å². The van der Waals surface area contributed by atoms with Crippen LogP contribution in [-0.2, 0) is 27.9 Å². The summed E-state index contributed by atoms with van der Waals surface area (Å²) in [5.74, 6) is -5.43. The standard InChI is InChI=1S/C18H28N3O16P/c19-9-1-2-21(17(31)20-9)15-13(28)12(27)8(35-15)5-34-38(32,33)37-18(16(29)30)3-6(23)10(25)14(36-18)11(26)7(24)4-22/h1-2,6-8,10-15,22-28H,3-5H2,(H,29,30)(H,32,33)(H2,19,20,31)/t6-,7-,8?,10?,11-,12?,13?,14?,15?,18-/m1/s1. The summed E-state index contributed by atoms with van der Waals surface area (Å²) in [5, 5.41) is 79.1. The maximum absolute atomic E-state index is 12.6. The number of hydrogen-bond donors (Lipinski definition) is 10. The third-order valence-corrected chi connectivity index (χ3v) is 6.91. The van der Waals surface area contributed by atoms with E-state index in [2.05, 4.69) is 9.51 Å². The first-order chi connectivity index (χ1) is 17.6. The number of aromatic nitrogens is 2. The molecule has 3 heterocycles. The molecule has 0 amide bonds. The van der Waals surface area contributed by atoms with Gasteiger partial charge in [-0.25, -0.2) is 18.7 Å². The SMILES string of the molecule is Nc1ccn(C2OC(COP(=O)(O)O[C@@]3(C(=O)O)C[C@@H](O)C(O)C([C@H](O)[C@H](O)CO)O3)C(O)C2O)c(=O)n1. The molecule has 1 aromatic rings. The minimum atomic E-state index is -5.48. The van der Waals surface area contributed by atoms with Crippen molar-refractivity contribution in [2.24, 2.45) is 0 Å². The van der Waals surface area contributed by atoms with E-state index in [0.29, 0.717) is 0 Å². The molecule has 0 spiro atoms. The van der Waals surface area contributed by atoms with E-state index in [9.17, 15) is 54.8 Å². The summed E-state index contributed by atoms with van der Waals surface area (Å²) in [6.45, 7) is -2.06. The van der Waals surface area contributed by atoms with Gasteiger partial charge in [-0.2, -0.15) is 4.98 Å². The molecular formula is C18H28N3O16P. The van der Waals surface area contributed by atoms with E-state index in [0.717, 1.165) is 10.8 Å². The predicted octanol–water partition coefficient (Wildman–Crippen LogP) is -5.42. The van der Waals surface area contributed by atoms with Gasteiger partial charge < -0.3 is 61.0 Å². The molecule has 0 radical (unpaired) electrons. The molecule has 0 bridgehead atoms. The van der Waals surface area contributed by atoms with Crippen molar-refractivity contribution < 1.29 is 73.6 Å². The van der Waals surface area contributed by atoms with E-state index in [-0.39, 0.29) is 5.82 Å². The molecule has 2 aliphatic heterocycles. The number of anilines is 1. The lowest BCUT2D eigenvalue weighted by atomic mass is 9.91. The van der Waals surface area contributed by atoms with Crippen LogP contribution in [0.15, 0.2) is 17.1 Å². The monoisotopic (exact) mass is 573 g/mol. The number of carbonyl (C=O) groups is 1. The fourth-order valence-corrected chi connectivity index (χ4v) is 4.84. The number of nitrogen functional groups attached to an aromatic ring is 1. The normalized spacial score (nSPS) is 36.9. The van der Waals surface area contributed by atoms with Gasteiger partial charge in [0.25, 0.3) is 5.79 Å². The number of nitrogens with two attached hydrogens (primary N) is 1. The van der Waals surface area contributed by atoms with Crippen LogP contribution in [0, 0.1) is 0 Å². The lowest BCUT2D eigenvalue weighted by molar-refractivity contribution is -0.307. The van der Waals surface area contributed by atoms with Crippen LogP contribution >= 0.6 is 7.82 Å². The van der Waals surface area contributed by atoms with Gasteiger partial charge in [-0.05, 0) is 6.07 Å². The Bertz CT molecular complexity index is 1110. The van der Waals surface area contributed by atoms with Gasteiger partial charge in [0.05, 0.1) is 19.3 Å². The number of rotatable bonds is 10. The van der Waals surface area contributed by atoms with Gasteiger partial charge in [-0.3, -0.25) is 9.09 Å². The van der Waals surface area contributed by atoms with Gasteiger partial charge in [-0.1, -0.05) is 0 Å². The Labute approximate surface area is 212 Å². The third kappa shape index (κ3) is 6.20. The number of carboxylic acid groups (broad SMARTS) is 1. The Hall–Kier alpha value is -2.10. The second kappa shape index (κ2) is 11.6. The summed E-state index contributed by atoms with van der Waals surface area (Å²) in [7, 11) is -5.48. The minimum Gasteiger partial charge on any atom is -0.477 e. The summed E-state index contributed by atoms with van der Waals surface area (Å²) in [6.07, 6.45) is -16.9. The zero-order valence-electron chi connectivity index (χ0n) is 19.3. The van der Waals surface area contributed by atoms with Crippen LogP contribution in [0.2, 0.25) is 0 Å². The molecule has 2 saturated heterocycles. The number of aliphatic hydroxyl groups excluding tert-OH is 7. The van der Waals surface area contributed by atoms with Gasteiger partial charge in [-0.15, -0.1) is 0 Å². The molecule has 19 nitrogen and oxygen atoms in total. The maximum Gasteiger partial charge on any atom is 0.475 e. The first-order valence-corrected chi connectivity index (χ1v) is 12.4. The molecule has 7 unspecified atom stereocenters. The molecule has 0 aromatic carbocycles. The van der Waals surface area contributed by atoms with Crippen molar-refractivity contribution in [3.8, 4) is 0 Å². The van der Waals surface area contributed by atoms with E-state index in [1.165, 1.54) is 6.07 Å². The van der Waals surface area contributed by atoms with Crippen LogP contribution in [0.3, 0.4) is 0 Å². The predicted molar refractivity (Wildman–Crippen MR) is 117 cm³/mol. The topological polar surface area (TPSA) is 314 Å². The van der Waals surface area contributed by atoms with E-state index in [1.54, 1.807) is 0 Å². The van der Waals surface area contributed by atoms with Crippen molar-refractivity contribution in [3.05, 3.63) is 22.7 Å². The van der Waals surface area contributed by atoms with Crippen molar-refractivity contribution in [2.75, 3.05) is 18.9 Å². The summed E-state index contributed by atoms with van der Waals surface area (Å²) in [4.78, 5) is 37.6. The highest BCUT2D eigenvalue weighted by molar-refractivity contribution is 7.47. The highest BCUT2D eigenvalue weighted by Crippen LogP contribution is 2.51. The molecule has 3 rings (SSSR count). The van der Waals surface area contributed by atoms with Crippen LogP contribution < -0.4 is 11.4 Å². The van der Waals surface area contributed by atoms with Crippen molar-refractivity contribution >= 4 is 19.6 Å². The Morgan fingerprint density at radius 2 is 1.92 bits per heavy atom. The molecule has 20 heteroatoms. The lowest BCUT2D eigenvalue weighted by Crippen LogP contribution is -2.63. The zero-order valence-corrected chi connectivity index (χ0v) is 20.2. The quantitative estimate of drug-likeness (QED) is 0.117. The average molecular weight is 573 g/mol. The molecule has 11 N–H and O–H groups in total.